The molecule has 0 aliphatic heterocycles. The first-order chi connectivity index (χ1) is 11.1. The predicted octanol–water partition coefficient (Wildman–Crippen LogP) is 2.06. The normalized spacial score (nSPS) is 10.5. The molecule has 0 aromatic heterocycles. The maximum Gasteiger partial charge on any atom is 0.220 e. The molecule has 0 atom stereocenters. The van der Waals surface area contributed by atoms with Crippen molar-refractivity contribution in [3.05, 3.63) is 35.4 Å². The molecule has 23 heavy (non-hydrogen) atoms. The number of hydrogen-bond donors (Lipinski definition) is 1. The molecule has 0 radical (unpaired) electrons. The quantitative estimate of drug-likeness (QED) is 0.599. The molecule has 1 aromatic rings. The first kappa shape index (κ1) is 19.3. The van der Waals surface area contributed by atoms with Crippen molar-refractivity contribution in [1.29, 1.82) is 0 Å². The van der Waals surface area contributed by atoms with E-state index in [0.717, 1.165) is 6.42 Å². The van der Waals surface area contributed by atoms with Crippen molar-refractivity contribution < 1.29 is 19.1 Å². The number of aryl methyl sites for hydroxylation is 2. The van der Waals surface area contributed by atoms with E-state index in [1.807, 2.05) is 6.92 Å². The molecule has 1 N–H and O–H groups in total. The third-order valence-corrected chi connectivity index (χ3v) is 3.30. The minimum Gasteiger partial charge on any atom is -0.379 e. The van der Waals surface area contributed by atoms with Crippen molar-refractivity contribution in [2.45, 2.75) is 33.1 Å². The van der Waals surface area contributed by atoms with Crippen LogP contribution in [0.1, 0.15) is 30.9 Å². The van der Waals surface area contributed by atoms with Gasteiger partial charge in [0.1, 0.15) is 5.78 Å². The summed E-state index contributed by atoms with van der Waals surface area (Å²) in [6, 6.07) is 8.22. The Morgan fingerprint density at radius 3 is 2.26 bits per heavy atom. The van der Waals surface area contributed by atoms with Gasteiger partial charge in [-0.15, -0.1) is 0 Å². The van der Waals surface area contributed by atoms with Crippen LogP contribution in [0.4, 0.5) is 0 Å². The number of ketones is 1. The lowest BCUT2D eigenvalue weighted by atomic mass is 10.1. The Bertz CT molecular complexity index is 470. The second-order valence-corrected chi connectivity index (χ2v) is 5.51. The Morgan fingerprint density at radius 2 is 1.61 bits per heavy atom. The largest absolute Gasteiger partial charge is 0.379 e. The Morgan fingerprint density at radius 1 is 0.957 bits per heavy atom. The van der Waals surface area contributed by atoms with Crippen LogP contribution >= 0.6 is 0 Å². The van der Waals surface area contributed by atoms with Gasteiger partial charge in [-0.05, 0) is 25.8 Å². The summed E-state index contributed by atoms with van der Waals surface area (Å²) in [5.74, 6) is 0.158. The number of carbonyl (C=O) groups excluding carboxylic acids is 2. The average Bonchev–Trinajstić information content (AvgIpc) is 2.52. The zero-order chi connectivity index (χ0) is 16.9. The van der Waals surface area contributed by atoms with Crippen LogP contribution in [0.5, 0.6) is 0 Å². The van der Waals surface area contributed by atoms with E-state index in [9.17, 15) is 9.59 Å². The number of amides is 1. The van der Waals surface area contributed by atoms with E-state index < -0.39 is 0 Å². The molecule has 1 amide bonds. The Labute approximate surface area is 138 Å². The lowest BCUT2D eigenvalue weighted by Crippen LogP contribution is -2.27. The Hall–Kier alpha value is -1.72. The van der Waals surface area contributed by atoms with Gasteiger partial charge in [0.25, 0.3) is 0 Å². The third-order valence-electron chi connectivity index (χ3n) is 3.30. The Kier molecular flexibility index (Phi) is 9.91. The summed E-state index contributed by atoms with van der Waals surface area (Å²) in [6.45, 7) is 5.93. The molecule has 0 bridgehead atoms. The molecule has 1 aromatic carbocycles. The molecule has 0 aliphatic rings. The first-order valence-corrected chi connectivity index (χ1v) is 8.05. The highest BCUT2D eigenvalue weighted by molar-refractivity contribution is 5.76. The molecule has 0 saturated heterocycles. The van der Waals surface area contributed by atoms with Crippen LogP contribution < -0.4 is 5.32 Å². The van der Waals surface area contributed by atoms with Gasteiger partial charge in [0.2, 0.25) is 5.91 Å². The second kappa shape index (κ2) is 11.8. The van der Waals surface area contributed by atoms with Crippen molar-refractivity contribution in [2.75, 3.05) is 33.0 Å². The monoisotopic (exact) mass is 321 g/mol. The van der Waals surface area contributed by atoms with E-state index in [2.05, 4.69) is 29.6 Å². The molecule has 0 aliphatic carbocycles. The molecule has 0 heterocycles. The van der Waals surface area contributed by atoms with Gasteiger partial charge in [0, 0.05) is 19.4 Å². The topological polar surface area (TPSA) is 64.6 Å². The molecule has 1 rings (SSSR count). The number of carbonyl (C=O) groups is 2. The van der Waals surface area contributed by atoms with Gasteiger partial charge in [-0.3, -0.25) is 9.59 Å². The maximum absolute atomic E-state index is 11.7. The summed E-state index contributed by atoms with van der Waals surface area (Å²) in [7, 11) is 0. The Balaban J connectivity index is 1.94. The summed E-state index contributed by atoms with van der Waals surface area (Å²) in [4.78, 5) is 22.4. The van der Waals surface area contributed by atoms with Gasteiger partial charge < -0.3 is 14.8 Å². The van der Waals surface area contributed by atoms with Crippen LogP contribution in [0, 0.1) is 6.92 Å². The summed E-state index contributed by atoms with van der Waals surface area (Å²) >= 11 is 0. The molecule has 0 saturated carbocycles. The number of benzene rings is 1. The van der Waals surface area contributed by atoms with Gasteiger partial charge in [-0.25, -0.2) is 0 Å². The number of ether oxygens (including phenoxy) is 2. The minimum absolute atomic E-state index is 0.0342. The fourth-order valence-electron chi connectivity index (χ4n) is 1.90. The van der Waals surface area contributed by atoms with Gasteiger partial charge in [-0.1, -0.05) is 29.8 Å². The van der Waals surface area contributed by atoms with Crippen LogP contribution in [-0.4, -0.2) is 44.7 Å². The minimum atomic E-state index is 0.0342. The summed E-state index contributed by atoms with van der Waals surface area (Å²) in [5.41, 5.74) is 2.39. The van der Waals surface area contributed by atoms with Crippen molar-refractivity contribution in [3.8, 4) is 0 Å². The molecule has 5 heteroatoms. The van der Waals surface area contributed by atoms with Crippen LogP contribution in [0.3, 0.4) is 0 Å². The molecule has 0 unspecified atom stereocenters. The zero-order valence-electron chi connectivity index (χ0n) is 14.1. The number of hydrogen-bond acceptors (Lipinski definition) is 4. The molecule has 0 spiro atoms. The smallest absolute Gasteiger partial charge is 0.220 e. The van der Waals surface area contributed by atoms with Crippen LogP contribution in [0.15, 0.2) is 24.3 Å². The molecule has 128 valence electrons. The third kappa shape index (κ3) is 10.6. The van der Waals surface area contributed by atoms with Gasteiger partial charge in [-0.2, -0.15) is 0 Å². The summed E-state index contributed by atoms with van der Waals surface area (Å²) < 4.78 is 10.6. The van der Waals surface area contributed by atoms with Crippen LogP contribution in [0.2, 0.25) is 0 Å². The fraction of sp³-hybridized carbons (Fsp3) is 0.556. The highest BCUT2D eigenvalue weighted by Gasteiger charge is 2.02. The number of nitrogens with one attached hydrogen (secondary N) is 1. The highest BCUT2D eigenvalue weighted by atomic mass is 16.5. The van der Waals surface area contributed by atoms with Crippen LogP contribution in [-0.2, 0) is 25.5 Å². The van der Waals surface area contributed by atoms with E-state index >= 15 is 0 Å². The van der Waals surface area contributed by atoms with E-state index in [1.54, 1.807) is 6.92 Å². The van der Waals surface area contributed by atoms with E-state index in [1.165, 1.54) is 11.1 Å². The average molecular weight is 321 g/mol. The second-order valence-electron chi connectivity index (χ2n) is 5.51. The lowest BCUT2D eigenvalue weighted by molar-refractivity contribution is -0.121. The van der Waals surface area contributed by atoms with Gasteiger partial charge >= 0.3 is 0 Å². The maximum atomic E-state index is 11.7. The summed E-state index contributed by atoms with van der Waals surface area (Å²) in [6.07, 6.45) is 1.67. The SMILES string of the molecule is CC(=O)CCOCCOCCNC(=O)CCc1ccc(C)cc1. The predicted molar refractivity (Wildman–Crippen MR) is 89.4 cm³/mol. The molecular formula is C18H27NO4. The lowest BCUT2D eigenvalue weighted by Gasteiger charge is -2.07. The number of rotatable bonds is 12. The highest BCUT2D eigenvalue weighted by Crippen LogP contribution is 2.05. The fourth-order valence-corrected chi connectivity index (χ4v) is 1.90. The van der Waals surface area contributed by atoms with Crippen molar-refractivity contribution >= 4 is 11.7 Å². The molecule has 0 fully saturated rings. The van der Waals surface area contributed by atoms with Crippen molar-refractivity contribution in [1.82, 2.24) is 5.32 Å². The zero-order valence-corrected chi connectivity index (χ0v) is 14.1. The standard InChI is InChI=1S/C18H27NO4/c1-15-3-5-17(6-4-15)7-8-18(21)19-10-12-23-14-13-22-11-9-16(2)20/h3-6H,7-14H2,1-2H3,(H,19,21). The van der Waals surface area contributed by atoms with Crippen molar-refractivity contribution in [3.63, 3.8) is 0 Å². The molecule has 5 nitrogen and oxygen atoms in total. The summed E-state index contributed by atoms with van der Waals surface area (Å²) in [5, 5.41) is 2.83. The van der Waals surface area contributed by atoms with E-state index in [4.69, 9.17) is 9.47 Å². The van der Waals surface area contributed by atoms with Gasteiger partial charge in [0.15, 0.2) is 0 Å². The van der Waals surface area contributed by atoms with E-state index in [-0.39, 0.29) is 11.7 Å². The molecular weight excluding hydrogens is 294 g/mol. The van der Waals surface area contributed by atoms with Crippen molar-refractivity contribution in [2.24, 2.45) is 0 Å². The van der Waals surface area contributed by atoms with E-state index in [0.29, 0.717) is 45.8 Å². The van der Waals surface area contributed by atoms with Gasteiger partial charge in [0.05, 0.1) is 26.4 Å². The van der Waals surface area contributed by atoms with Crippen LogP contribution in [0.25, 0.3) is 0 Å². The number of Topliss-reactive ketones (excluding diaryl/α,β-unsaturated/α-hetero) is 1. The first-order valence-electron chi connectivity index (χ1n) is 8.05.